The van der Waals surface area contributed by atoms with Gasteiger partial charge in [0.25, 0.3) is 0 Å². The summed E-state index contributed by atoms with van der Waals surface area (Å²) in [6.45, 7) is 2.75. The van der Waals surface area contributed by atoms with E-state index in [2.05, 4.69) is 15.6 Å². The molecule has 1 atom stereocenters. The van der Waals surface area contributed by atoms with Gasteiger partial charge in [0.05, 0.1) is 15.3 Å². The summed E-state index contributed by atoms with van der Waals surface area (Å²) in [5, 5.41) is 7.67. The third kappa shape index (κ3) is 3.16. The van der Waals surface area contributed by atoms with Crippen molar-refractivity contribution in [3.63, 3.8) is 0 Å². The third-order valence-electron chi connectivity index (χ3n) is 4.49. The molecule has 1 saturated heterocycles. The van der Waals surface area contributed by atoms with E-state index in [0.29, 0.717) is 0 Å². The second kappa shape index (κ2) is 6.55. The fraction of sp³-hybridized carbons (Fsp3) is 0.211. The van der Waals surface area contributed by atoms with Gasteiger partial charge >= 0.3 is 0 Å². The number of nitrogens with zero attached hydrogens (tertiary/aromatic N) is 1. The van der Waals surface area contributed by atoms with Crippen molar-refractivity contribution < 1.29 is 8.42 Å². The van der Waals surface area contributed by atoms with Crippen LogP contribution in [0, 0.1) is 0 Å². The van der Waals surface area contributed by atoms with Crippen LogP contribution >= 0.6 is 0 Å². The van der Waals surface area contributed by atoms with E-state index in [4.69, 9.17) is 0 Å². The van der Waals surface area contributed by atoms with Gasteiger partial charge in [0.2, 0.25) is 9.84 Å². The molecule has 0 aliphatic carbocycles. The Morgan fingerprint density at radius 2 is 1.80 bits per heavy atom. The standard InChI is InChI=1S/C19H19N3O2S/c23-25(24,16-4-2-1-3-5-16)17-11-15-10-14(6-7-18(15)22-12-17)19-13-20-8-9-21-19/h1-7,10-12,19-21H,8-9,13H2. The van der Waals surface area contributed by atoms with E-state index in [1.54, 1.807) is 36.4 Å². The van der Waals surface area contributed by atoms with Crippen LogP contribution in [0.4, 0.5) is 0 Å². The number of fused-ring (bicyclic) bond motifs is 1. The van der Waals surface area contributed by atoms with Crippen LogP contribution in [0.25, 0.3) is 10.9 Å². The predicted molar refractivity (Wildman–Crippen MR) is 97.3 cm³/mol. The molecular formula is C19H19N3O2S. The minimum Gasteiger partial charge on any atom is -0.314 e. The summed E-state index contributed by atoms with van der Waals surface area (Å²) >= 11 is 0. The summed E-state index contributed by atoms with van der Waals surface area (Å²) in [6, 6.07) is 16.4. The number of sulfone groups is 1. The Hall–Kier alpha value is -2.28. The number of pyridine rings is 1. The minimum atomic E-state index is -3.56. The zero-order chi connectivity index (χ0) is 17.3. The molecule has 128 valence electrons. The van der Waals surface area contributed by atoms with Crippen molar-refractivity contribution in [3.8, 4) is 0 Å². The molecule has 1 aromatic heterocycles. The molecule has 0 bridgehead atoms. The first-order chi connectivity index (χ1) is 12.1. The van der Waals surface area contributed by atoms with Crippen LogP contribution in [0.2, 0.25) is 0 Å². The largest absolute Gasteiger partial charge is 0.314 e. The highest BCUT2D eigenvalue weighted by molar-refractivity contribution is 7.91. The number of hydrogen-bond acceptors (Lipinski definition) is 5. The molecule has 2 N–H and O–H groups in total. The smallest absolute Gasteiger partial charge is 0.208 e. The average Bonchev–Trinajstić information content (AvgIpc) is 2.68. The van der Waals surface area contributed by atoms with Crippen LogP contribution in [0.15, 0.2) is 70.6 Å². The first kappa shape index (κ1) is 16.2. The van der Waals surface area contributed by atoms with Gasteiger partial charge in [-0.05, 0) is 35.9 Å². The Kier molecular flexibility index (Phi) is 4.25. The molecule has 25 heavy (non-hydrogen) atoms. The maximum Gasteiger partial charge on any atom is 0.208 e. The van der Waals surface area contributed by atoms with Gasteiger partial charge in [-0.1, -0.05) is 24.3 Å². The van der Waals surface area contributed by atoms with Gasteiger partial charge in [-0.15, -0.1) is 0 Å². The second-order valence-corrected chi connectivity index (χ2v) is 8.10. The Labute approximate surface area is 147 Å². The summed E-state index contributed by atoms with van der Waals surface area (Å²) in [6.07, 6.45) is 1.44. The monoisotopic (exact) mass is 353 g/mol. The molecule has 4 rings (SSSR count). The lowest BCUT2D eigenvalue weighted by Gasteiger charge is -2.25. The van der Waals surface area contributed by atoms with Crippen LogP contribution in [0.3, 0.4) is 0 Å². The highest BCUT2D eigenvalue weighted by atomic mass is 32.2. The quantitative estimate of drug-likeness (QED) is 0.756. The molecular weight excluding hydrogens is 334 g/mol. The van der Waals surface area contributed by atoms with Crippen molar-refractivity contribution in [2.45, 2.75) is 15.8 Å². The van der Waals surface area contributed by atoms with E-state index in [9.17, 15) is 8.42 Å². The Morgan fingerprint density at radius 3 is 2.56 bits per heavy atom. The van der Waals surface area contributed by atoms with Crippen LogP contribution in [-0.4, -0.2) is 33.0 Å². The van der Waals surface area contributed by atoms with Crippen LogP contribution in [0.5, 0.6) is 0 Å². The van der Waals surface area contributed by atoms with Crippen molar-refractivity contribution in [1.29, 1.82) is 0 Å². The summed E-state index contributed by atoms with van der Waals surface area (Å²) in [5.74, 6) is 0. The van der Waals surface area contributed by atoms with Crippen molar-refractivity contribution in [2.75, 3.05) is 19.6 Å². The lowest BCUT2D eigenvalue weighted by Crippen LogP contribution is -2.42. The van der Waals surface area contributed by atoms with Gasteiger partial charge in [-0.3, -0.25) is 4.98 Å². The number of piperazine rings is 1. The van der Waals surface area contributed by atoms with E-state index < -0.39 is 9.84 Å². The highest BCUT2D eigenvalue weighted by Crippen LogP contribution is 2.25. The predicted octanol–water partition coefficient (Wildman–Crippen LogP) is 2.30. The van der Waals surface area contributed by atoms with E-state index in [1.807, 2.05) is 18.2 Å². The first-order valence-corrected chi connectivity index (χ1v) is 9.77. The molecule has 1 unspecified atom stereocenters. The molecule has 3 aromatic rings. The van der Waals surface area contributed by atoms with Gasteiger partial charge in [0.15, 0.2) is 0 Å². The van der Waals surface area contributed by atoms with Crippen LogP contribution < -0.4 is 10.6 Å². The molecule has 0 spiro atoms. The van der Waals surface area contributed by atoms with E-state index in [1.165, 1.54) is 6.20 Å². The number of hydrogen-bond donors (Lipinski definition) is 2. The van der Waals surface area contributed by atoms with Crippen molar-refractivity contribution >= 4 is 20.7 Å². The summed E-state index contributed by atoms with van der Waals surface area (Å²) in [7, 11) is -3.56. The summed E-state index contributed by atoms with van der Waals surface area (Å²) < 4.78 is 25.6. The second-order valence-electron chi connectivity index (χ2n) is 6.15. The third-order valence-corrected chi connectivity index (χ3v) is 6.22. The SMILES string of the molecule is O=S(=O)(c1ccccc1)c1cnc2ccc(C3CNCCN3)cc2c1. The fourth-order valence-electron chi connectivity index (χ4n) is 3.12. The van der Waals surface area contributed by atoms with Crippen LogP contribution in [0.1, 0.15) is 11.6 Å². The number of benzene rings is 2. The highest BCUT2D eigenvalue weighted by Gasteiger charge is 2.19. The molecule has 5 nitrogen and oxygen atoms in total. The molecule has 2 heterocycles. The lowest BCUT2D eigenvalue weighted by atomic mass is 10.0. The van der Waals surface area contributed by atoms with Gasteiger partial charge in [0, 0.05) is 37.3 Å². The Bertz CT molecular complexity index is 998. The van der Waals surface area contributed by atoms with Gasteiger partial charge < -0.3 is 10.6 Å². The maximum absolute atomic E-state index is 12.8. The van der Waals surface area contributed by atoms with E-state index >= 15 is 0 Å². The van der Waals surface area contributed by atoms with Crippen molar-refractivity contribution in [1.82, 2.24) is 15.6 Å². The molecule has 2 aromatic carbocycles. The molecule has 0 radical (unpaired) electrons. The lowest BCUT2D eigenvalue weighted by molar-refractivity contribution is 0.430. The number of nitrogens with one attached hydrogen (secondary N) is 2. The average molecular weight is 353 g/mol. The molecule has 6 heteroatoms. The van der Waals surface area contributed by atoms with Crippen molar-refractivity contribution in [2.24, 2.45) is 0 Å². The van der Waals surface area contributed by atoms with Crippen LogP contribution in [-0.2, 0) is 9.84 Å². The topological polar surface area (TPSA) is 71.1 Å². The zero-order valence-corrected chi connectivity index (χ0v) is 14.5. The molecule has 0 amide bonds. The molecule has 1 aliphatic heterocycles. The Morgan fingerprint density at radius 1 is 0.960 bits per heavy atom. The molecule has 1 fully saturated rings. The normalized spacial score (nSPS) is 18.3. The minimum absolute atomic E-state index is 0.220. The van der Waals surface area contributed by atoms with Crippen molar-refractivity contribution in [3.05, 3.63) is 66.4 Å². The molecule has 1 aliphatic rings. The van der Waals surface area contributed by atoms with E-state index in [-0.39, 0.29) is 15.8 Å². The first-order valence-electron chi connectivity index (χ1n) is 8.28. The summed E-state index contributed by atoms with van der Waals surface area (Å²) in [5.41, 5.74) is 1.93. The zero-order valence-electron chi connectivity index (χ0n) is 13.6. The van der Waals surface area contributed by atoms with E-state index in [0.717, 1.165) is 36.1 Å². The fourth-order valence-corrected chi connectivity index (χ4v) is 4.38. The Balaban J connectivity index is 1.76. The maximum atomic E-state index is 12.8. The molecule has 0 saturated carbocycles. The van der Waals surface area contributed by atoms with Gasteiger partial charge in [0.1, 0.15) is 0 Å². The number of aromatic nitrogens is 1. The number of rotatable bonds is 3. The summed E-state index contributed by atoms with van der Waals surface area (Å²) in [4.78, 5) is 4.85. The van der Waals surface area contributed by atoms with Gasteiger partial charge in [-0.2, -0.15) is 0 Å². The van der Waals surface area contributed by atoms with Gasteiger partial charge in [-0.25, -0.2) is 8.42 Å².